The average molecular weight is 308 g/mol. The molecule has 0 aromatic heterocycles. The summed E-state index contributed by atoms with van der Waals surface area (Å²) in [6.45, 7) is 2.97. The second-order valence-corrected chi connectivity index (χ2v) is 6.11. The lowest BCUT2D eigenvalue weighted by molar-refractivity contribution is 0.0865. The van der Waals surface area contributed by atoms with E-state index in [9.17, 15) is 0 Å². The fourth-order valence-electron chi connectivity index (χ4n) is 2.54. The molecule has 1 aromatic carbocycles. The van der Waals surface area contributed by atoms with Crippen molar-refractivity contribution in [3.63, 3.8) is 0 Å². The molecule has 1 heterocycles. The van der Waals surface area contributed by atoms with Gasteiger partial charge in [-0.3, -0.25) is 0 Å². The Bertz CT molecular complexity index is 408. The maximum absolute atomic E-state index is 6.53. The summed E-state index contributed by atoms with van der Waals surface area (Å²) in [4.78, 5) is 0. The van der Waals surface area contributed by atoms with Crippen LogP contribution in [0.1, 0.15) is 25.3 Å². The highest BCUT2D eigenvalue weighted by Crippen LogP contribution is 2.32. The zero-order chi connectivity index (χ0) is 13.1. The van der Waals surface area contributed by atoms with Crippen LogP contribution in [0.4, 0.5) is 0 Å². The number of hydrogen-bond acceptors (Lipinski definition) is 1. The summed E-state index contributed by atoms with van der Waals surface area (Å²) in [6, 6.07) is 5.71. The number of alkyl halides is 1. The molecule has 0 spiro atoms. The van der Waals surface area contributed by atoms with Crippen LogP contribution in [-0.4, -0.2) is 18.1 Å². The summed E-state index contributed by atoms with van der Waals surface area (Å²) in [5.41, 5.74) is 1.13. The molecule has 1 aliphatic rings. The van der Waals surface area contributed by atoms with Crippen LogP contribution in [0, 0.1) is 5.92 Å². The first kappa shape index (κ1) is 14.5. The second-order valence-electron chi connectivity index (χ2n) is 4.74. The van der Waals surface area contributed by atoms with Gasteiger partial charge in [0.1, 0.15) is 0 Å². The molecule has 100 valence electrons. The van der Waals surface area contributed by atoms with Gasteiger partial charge in [0, 0.05) is 17.9 Å². The van der Waals surface area contributed by atoms with E-state index in [4.69, 9.17) is 39.5 Å². The van der Waals surface area contributed by atoms with E-state index in [1.807, 2.05) is 18.2 Å². The Kier molecular flexibility index (Phi) is 5.20. The number of hydrogen-bond donors (Lipinski definition) is 0. The fourth-order valence-corrected chi connectivity index (χ4v) is 3.33. The molecule has 4 heteroatoms. The lowest BCUT2D eigenvalue weighted by atomic mass is 9.92. The lowest BCUT2D eigenvalue weighted by Crippen LogP contribution is -2.25. The van der Waals surface area contributed by atoms with Gasteiger partial charge in [-0.25, -0.2) is 0 Å². The van der Waals surface area contributed by atoms with E-state index in [2.05, 4.69) is 6.92 Å². The van der Waals surface area contributed by atoms with Gasteiger partial charge in [0.2, 0.25) is 0 Å². The zero-order valence-electron chi connectivity index (χ0n) is 10.3. The third kappa shape index (κ3) is 3.33. The Balaban J connectivity index is 2.02. The van der Waals surface area contributed by atoms with E-state index < -0.39 is 0 Å². The van der Waals surface area contributed by atoms with Crippen molar-refractivity contribution in [1.29, 1.82) is 0 Å². The molecular formula is C14H17Cl3O. The van der Waals surface area contributed by atoms with Crippen LogP contribution < -0.4 is 0 Å². The van der Waals surface area contributed by atoms with Crippen LogP contribution in [0.2, 0.25) is 10.0 Å². The van der Waals surface area contributed by atoms with Crippen molar-refractivity contribution in [2.75, 3.05) is 6.61 Å². The minimum atomic E-state index is 0.0923. The van der Waals surface area contributed by atoms with Gasteiger partial charge in [-0.2, -0.15) is 0 Å². The van der Waals surface area contributed by atoms with Crippen molar-refractivity contribution in [2.45, 2.75) is 37.7 Å². The van der Waals surface area contributed by atoms with Gasteiger partial charge in [-0.05, 0) is 37.0 Å². The van der Waals surface area contributed by atoms with Crippen LogP contribution in [0.3, 0.4) is 0 Å². The maximum atomic E-state index is 6.53. The van der Waals surface area contributed by atoms with E-state index >= 15 is 0 Å². The van der Waals surface area contributed by atoms with Gasteiger partial charge in [-0.1, -0.05) is 36.2 Å². The molecule has 0 radical (unpaired) electrons. The molecule has 1 aromatic rings. The standard InChI is InChI=1S/C14H17Cl3O/c1-2-14-10(5-6-18-14)12(16)7-9-3-4-11(15)13(17)8-9/h3-4,8,10,12,14H,2,5-7H2,1H3. The zero-order valence-corrected chi connectivity index (χ0v) is 12.6. The monoisotopic (exact) mass is 306 g/mol. The predicted octanol–water partition coefficient (Wildman–Crippen LogP) is 4.96. The van der Waals surface area contributed by atoms with Crippen molar-refractivity contribution in [2.24, 2.45) is 5.92 Å². The first-order valence-corrected chi connectivity index (χ1v) is 7.50. The van der Waals surface area contributed by atoms with Crippen molar-refractivity contribution in [3.05, 3.63) is 33.8 Å². The average Bonchev–Trinajstić information content (AvgIpc) is 2.82. The van der Waals surface area contributed by atoms with Crippen molar-refractivity contribution < 1.29 is 4.74 Å². The third-order valence-electron chi connectivity index (χ3n) is 3.54. The van der Waals surface area contributed by atoms with Crippen LogP contribution in [-0.2, 0) is 11.2 Å². The minimum Gasteiger partial charge on any atom is -0.378 e. The van der Waals surface area contributed by atoms with Crippen LogP contribution >= 0.6 is 34.8 Å². The summed E-state index contributed by atoms with van der Waals surface area (Å²) in [7, 11) is 0. The van der Waals surface area contributed by atoms with Crippen molar-refractivity contribution in [3.8, 4) is 0 Å². The molecule has 2 rings (SSSR count). The minimum absolute atomic E-state index is 0.0923. The molecular weight excluding hydrogens is 291 g/mol. The quantitative estimate of drug-likeness (QED) is 0.714. The molecule has 0 saturated carbocycles. The van der Waals surface area contributed by atoms with Gasteiger partial charge in [0.25, 0.3) is 0 Å². The summed E-state index contributed by atoms with van der Waals surface area (Å²) in [6.07, 6.45) is 3.18. The SMILES string of the molecule is CCC1OCCC1C(Cl)Cc1ccc(Cl)c(Cl)c1. The van der Waals surface area contributed by atoms with Gasteiger partial charge in [0.05, 0.1) is 16.1 Å². The van der Waals surface area contributed by atoms with E-state index in [1.165, 1.54) is 0 Å². The molecule has 0 amide bonds. The largest absolute Gasteiger partial charge is 0.378 e. The molecule has 0 bridgehead atoms. The maximum Gasteiger partial charge on any atom is 0.0615 e. The van der Waals surface area contributed by atoms with Gasteiger partial charge >= 0.3 is 0 Å². The van der Waals surface area contributed by atoms with Crippen molar-refractivity contribution in [1.82, 2.24) is 0 Å². The number of rotatable bonds is 4. The Hall–Kier alpha value is 0.0500. The second kappa shape index (κ2) is 6.47. The Labute approximate surface area is 123 Å². The molecule has 1 nitrogen and oxygen atoms in total. The van der Waals surface area contributed by atoms with Crippen LogP contribution in [0.5, 0.6) is 0 Å². The molecule has 18 heavy (non-hydrogen) atoms. The molecule has 1 aliphatic heterocycles. The predicted molar refractivity (Wildman–Crippen MR) is 77.9 cm³/mol. The van der Waals surface area contributed by atoms with Crippen molar-refractivity contribution >= 4 is 34.8 Å². The number of benzene rings is 1. The van der Waals surface area contributed by atoms with Gasteiger partial charge < -0.3 is 4.74 Å². The highest BCUT2D eigenvalue weighted by atomic mass is 35.5. The topological polar surface area (TPSA) is 9.23 Å². The normalized spacial score (nSPS) is 25.3. The third-order valence-corrected chi connectivity index (χ3v) is 4.76. The molecule has 3 atom stereocenters. The van der Waals surface area contributed by atoms with Crippen LogP contribution in [0.15, 0.2) is 18.2 Å². The highest BCUT2D eigenvalue weighted by molar-refractivity contribution is 6.42. The summed E-state index contributed by atoms with van der Waals surface area (Å²) in [5, 5.41) is 1.27. The lowest BCUT2D eigenvalue weighted by Gasteiger charge is -2.22. The Morgan fingerprint density at radius 2 is 2.11 bits per heavy atom. The molecule has 3 unspecified atom stereocenters. The fraction of sp³-hybridized carbons (Fsp3) is 0.571. The number of ether oxygens (including phenoxy) is 1. The first-order valence-electron chi connectivity index (χ1n) is 6.31. The van der Waals surface area contributed by atoms with Crippen LogP contribution in [0.25, 0.3) is 0 Å². The molecule has 0 N–H and O–H groups in total. The summed E-state index contributed by atoms with van der Waals surface area (Å²) in [5.74, 6) is 0.436. The Morgan fingerprint density at radius 1 is 1.33 bits per heavy atom. The van der Waals surface area contributed by atoms with E-state index in [-0.39, 0.29) is 5.38 Å². The molecule has 1 fully saturated rings. The summed E-state index contributed by atoms with van der Waals surface area (Å²) >= 11 is 18.4. The smallest absolute Gasteiger partial charge is 0.0615 e. The first-order chi connectivity index (χ1) is 8.61. The molecule has 0 aliphatic carbocycles. The number of halogens is 3. The van der Waals surface area contributed by atoms with E-state index in [0.717, 1.165) is 31.4 Å². The van der Waals surface area contributed by atoms with E-state index in [1.54, 1.807) is 0 Å². The highest BCUT2D eigenvalue weighted by Gasteiger charge is 2.32. The Morgan fingerprint density at radius 3 is 2.78 bits per heavy atom. The molecule has 1 saturated heterocycles. The van der Waals surface area contributed by atoms with Gasteiger partial charge in [0.15, 0.2) is 0 Å². The van der Waals surface area contributed by atoms with Gasteiger partial charge in [-0.15, -0.1) is 11.6 Å². The summed E-state index contributed by atoms with van der Waals surface area (Å²) < 4.78 is 5.68. The van der Waals surface area contributed by atoms with E-state index in [0.29, 0.717) is 22.1 Å².